The highest BCUT2D eigenvalue weighted by Crippen LogP contribution is 2.27. The molecule has 0 bridgehead atoms. The first-order chi connectivity index (χ1) is 7.72. The van der Waals surface area contributed by atoms with Gasteiger partial charge in [-0.2, -0.15) is 0 Å². The second kappa shape index (κ2) is 6.68. The molecule has 0 radical (unpaired) electrons. The smallest absolute Gasteiger partial charge is 0.146 e. The van der Waals surface area contributed by atoms with Gasteiger partial charge in [0.2, 0.25) is 0 Å². The van der Waals surface area contributed by atoms with E-state index in [1.165, 1.54) is 6.42 Å². The Kier molecular flexibility index (Phi) is 5.52. The molecular weight excluding hydrogens is 268 g/mol. The monoisotopic (exact) mass is 286 g/mol. The fraction of sp³-hybridized carbons (Fsp3) is 0.636. The topological polar surface area (TPSA) is 49.8 Å². The third kappa shape index (κ3) is 3.33. The molecular formula is C11H19BrN4. The van der Waals surface area contributed by atoms with Gasteiger partial charge in [0.05, 0.1) is 0 Å². The van der Waals surface area contributed by atoms with Crippen molar-refractivity contribution in [2.75, 3.05) is 17.7 Å². The van der Waals surface area contributed by atoms with Gasteiger partial charge in [-0.3, -0.25) is 0 Å². The van der Waals surface area contributed by atoms with Crippen molar-refractivity contribution in [1.82, 2.24) is 9.97 Å². The number of halogens is 1. The van der Waals surface area contributed by atoms with Crippen LogP contribution in [0, 0.1) is 0 Å². The maximum atomic E-state index is 4.25. The zero-order valence-corrected chi connectivity index (χ0v) is 11.6. The summed E-state index contributed by atoms with van der Waals surface area (Å²) < 4.78 is 0.895. The van der Waals surface area contributed by atoms with Gasteiger partial charge < -0.3 is 10.6 Å². The zero-order chi connectivity index (χ0) is 12.0. The van der Waals surface area contributed by atoms with Crippen LogP contribution in [-0.4, -0.2) is 23.1 Å². The van der Waals surface area contributed by atoms with E-state index in [0.29, 0.717) is 6.04 Å². The molecule has 0 aliphatic rings. The van der Waals surface area contributed by atoms with Crippen LogP contribution in [0.15, 0.2) is 10.8 Å². The lowest BCUT2D eigenvalue weighted by Crippen LogP contribution is -2.19. The summed E-state index contributed by atoms with van der Waals surface area (Å²) in [5, 5.41) is 6.46. The fourth-order valence-electron chi connectivity index (χ4n) is 1.56. The lowest BCUT2D eigenvalue weighted by molar-refractivity contribution is 0.620. The van der Waals surface area contributed by atoms with Crippen LogP contribution in [0.4, 0.5) is 11.6 Å². The average molecular weight is 287 g/mol. The minimum atomic E-state index is 0.473. The Hall–Kier alpha value is -0.840. The number of hydrogen-bond acceptors (Lipinski definition) is 4. The molecule has 0 amide bonds. The Balaban J connectivity index is 2.79. The van der Waals surface area contributed by atoms with Gasteiger partial charge in [-0.1, -0.05) is 20.3 Å². The van der Waals surface area contributed by atoms with Crippen LogP contribution in [0.5, 0.6) is 0 Å². The molecule has 5 heteroatoms. The molecule has 1 atom stereocenters. The number of rotatable bonds is 6. The van der Waals surface area contributed by atoms with Crippen LogP contribution in [0.2, 0.25) is 0 Å². The molecule has 0 aliphatic heterocycles. The first-order valence-electron chi connectivity index (χ1n) is 5.67. The van der Waals surface area contributed by atoms with E-state index in [9.17, 15) is 0 Å². The number of aromatic nitrogens is 2. The first kappa shape index (κ1) is 13.2. The molecule has 4 nitrogen and oxygen atoms in total. The van der Waals surface area contributed by atoms with Crippen LogP contribution >= 0.6 is 15.9 Å². The Labute approximate surface area is 105 Å². The minimum absolute atomic E-state index is 0.473. The summed E-state index contributed by atoms with van der Waals surface area (Å²) in [4.78, 5) is 8.38. The van der Waals surface area contributed by atoms with Gasteiger partial charge in [-0.25, -0.2) is 9.97 Å². The third-order valence-corrected chi connectivity index (χ3v) is 3.25. The van der Waals surface area contributed by atoms with Crippen molar-refractivity contribution in [3.8, 4) is 0 Å². The molecule has 0 aromatic carbocycles. The van der Waals surface area contributed by atoms with E-state index in [1.54, 1.807) is 6.33 Å². The van der Waals surface area contributed by atoms with Crippen molar-refractivity contribution in [1.29, 1.82) is 0 Å². The minimum Gasteiger partial charge on any atom is -0.372 e. The maximum absolute atomic E-state index is 4.25. The average Bonchev–Trinajstić information content (AvgIpc) is 2.31. The molecule has 0 saturated heterocycles. The molecule has 1 heterocycles. The van der Waals surface area contributed by atoms with Crippen LogP contribution in [0.1, 0.15) is 33.1 Å². The predicted molar refractivity (Wildman–Crippen MR) is 71.9 cm³/mol. The molecule has 0 fully saturated rings. The summed E-state index contributed by atoms with van der Waals surface area (Å²) in [7, 11) is 1.85. The van der Waals surface area contributed by atoms with Gasteiger partial charge >= 0.3 is 0 Å². The Morgan fingerprint density at radius 2 is 2.00 bits per heavy atom. The van der Waals surface area contributed by atoms with Crippen molar-refractivity contribution in [2.24, 2.45) is 0 Å². The highest BCUT2D eigenvalue weighted by molar-refractivity contribution is 9.10. The quantitative estimate of drug-likeness (QED) is 0.843. The van der Waals surface area contributed by atoms with Gasteiger partial charge in [0, 0.05) is 13.1 Å². The second-order valence-electron chi connectivity index (χ2n) is 3.67. The Morgan fingerprint density at radius 3 is 2.56 bits per heavy atom. The number of nitrogens with zero attached hydrogens (tertiary/aromatic N) is 2. The number of nitrogens with one attached hydrogen (secondary N) is 2. The summed E-state index contributed by atoms with van der Waals surface area (Å²) in [5.74, 6) is 1.67. The summed E-state index contributed by atoms with van der Waals surface area (Å²) in [6.45, 7) is 4.37. The molecule has 1 rings (SSSR count). The molecule has 0 spiro atoms. The van der Waals surface area contributed by atoms with E-state index >= 15 is 0 Å². The number of anilines is 2. The lowest BCUT2D eigenvalue weighted by Gasteiger charge is -2.18. The van der Waals surface area contributed by atoms with Gasteiger partial charge in [0.15, 0.2) is 0 Å². The molecule has 16 heavy (non-hydrogen) atoms. The van der Waals surface area contributed by atoms with Gasteiger partial charge in [-0.15, -0.1) is 0 Å². The molecule has 1 aromatic heterocycles. The largest absolute Gasteiger partial charge is 0.372 e. The fourth-order valence-corrected chi connectivity index (χ4v) is 2.08. The summed E-state index contributed by atoms with van der Waals surface area (Å²) in [6.07, 6.45) is 4.99. The van der Waals surface area contributed by atoms with Crippen LogP contribution in [0.25, 0.3) is 0 Å². The maximum Gasteiger partial charge on any atom is 0.146 e. The standard InChI is InChI=1S/C11H19BrN4/c1-4-6-8(5-2)16-11-9(12)10(13-3)14-7-15-11/h7-8H,4-6H2,1-3H3,(H2,13,14,15,16). The molecule has 0 saturated carbocycles. The zero-order valence-electron chi connectivity index (χ0n) is 10.0. The molecule has 1 unspecified atom stereocenters. The highest BCUT2D eigenvalue weighted by Gasteiger charge is 2.11. The van der Waals surface area contributed by atoms with Gasteiger partial charge in [0.25, 0.3) is 0 Å². The van der Waals surface area contributed by atoms with Crippen molar-refractivity contribution < 1.29 is 0 Å². The van der Waals surface area contributed by atoms with Crippen LogP contribution < -0.4 is 10.6 Å². The normalized spacial score (nSPS) is 12.2. The summed E-state index contributed by atoms with van der Waals surface area (Å²) >= 11 is 3.50. The van der Waals surface area contributed by atoms with E-state index in [2.05, 4.69) is 50.4 Å². The first-order valence-corrected chi connectivity index (χ1v) is 6.46. The van der Waals surface area contributed by atoms with Crippen molar-refractivity contribution in [2.45, 2.75) is 39.2 Å². The van der Waals surface area contributed by atoms with E-state index in [-0.39, 0.29) is 0 Å². The van der Waals surface area contributed by atoms with Crippen molar-refractivity contribution >= 4 is 27.6 Å². The van der Waals surface area contributed by atoms with Crippen LogP contribution in [-0.2, 0) is 0 Å². The molecule has 0 aliphatic carbocycles. The predicted octanol–water partition coefficient (Wildman–Crippen LogP) is 3.27. The summed E-state index contributed by atoms with van der Waals surface area (Å²) in [6, 6.07) is 0.473. The van der Waals surface area contributed by atoms with E-state index in [1.807, 2.05) is 7.05 Å². The number of hydrogen-bond donors (Lipinski definition) is 2. The van der Waals surface area contributed by atoms with Crippen molar-refractivity contribution in [3.63, 3.8) is 0 Å². The molecule has 1 aromatic rings. The van der Waals surface area contributed by atoms with E-state index < -0.39 is 0 Å². The lowest BCUT2D eigenvalue weighted by atomic mass is 10.1. The second-order valence-corrected chi connectivity index (χ2v) is 4.47. The van der Waals surface area contributed by atoms with Crippen LogP contribution in [0.3, 0.4) is 0 Å². The van der Waals surface area contributed by atoms with Gasteiger partial charge in [-0.05, 0) is 28.8 Å². The van der Waals surface area contributed by atoms with Crippen molar-refractivity contribution in [3.05, 3.63) is 10.8 Å². The van der Waals surface area contributed by atoms with E-state index in [4.69, 9.17) is 0 Å². The highest BCUT2D eigenvalue weighted by atomic mass is 79.9. The van der Waals surface area contributed by atoms with Gasteiger partial charge in [0.1, 0.15) is 22.4 Å². The SMILES string of the molecule is CCCC(CC)Nc1ncnc(NC)c1Br. The molecule has 2 N–H and O–H groups in total. The third-order valence-electron chi connectivity index (χ3n) is 2.50. The van der Waals surface area contributed by atoms with E-state index in [0.717, 1.165) is 29.0 Å². The Morgan fingerprint density at radius 1 is 1.31 bits per heavy atom. The molecule has 90 valence electrons. The Bertz CT molecular complexity index is 330. The summed E-state index contributed by atoms with van der Waals surface area (Å²) in [5.41, 5.74) is 0.